The van der Waals surface area contributed by atoms with E-state index in [0.717, 1.165) is 13.0 Å². The zero-order valence-electron chi connectivity index (χ0n) is 10.4. The van der Waals surface area contributed by atoms with Gasteiger partial charge in [-0.15, -0.1) is 0 Å². The molecule has 1 aromatic carbocycles. The van der Waals surface area contributed by atoms with Gasteiger partial charge in [-0.2, -0.15) is 0 Å². The molecule has 1 aromatic rings. The van der Waals surface area contributed by atoms with E-state index in [2.05, 4.69) is 52.0 Å². The summed E-state index contributed by atoms with van der Waals surface area (Å²) in [5, 5.41) is 0. The van der Waals surface area contributed by atoms with Crippen LogP contribution < -0.4 is 5.73 Å². The molecule has 0 saturated heterocycles. The Morgan fingerprint density at radius 1 is 1.27 bits per heavy atom. The summed E-state index contributed by atoms with van der Waals surface area (Å²) in [6, 6.07) is 8.89. The molecule has 0 aliphatic carbocycles. The van der Waals surface area contributed by atoms with Gasteiger partial charge < -0.3 is 5.73 Å². The van der Waals surface area contributed by atoms with Gasteiger partial charge in [0.2, 0.25) is 0 Å². The van der Waals surface area contributed by atoms with Gasteiger partial charge in [0.05, 0.1) is 0 Å². The van der Waals surface area contributed by atoms with E-state index < -0.39 is 0 Å². The lowest BCUT2D eigenvalue weighted by Gasteiger charge is -2.21. The second kappa shape index (κ2) is 4.80. The smallest absolute Gasteiger partial charge is 0.00715 e. The molecule has 1 unspecified atom stereocenters. The van der Waals surface area contributed by atoms with Crippen molar-refractivity contribution in [2.24, 2.45) is 5.73 Å². The van der Waals surface area contributed by atoms with Crippen LogP contribution in [0.25, 0.3) is 0 Å². The van der Waals surface area contributed by atoms with E-state index in [9.17, 15) is 0 Å². The van der Waals surface area contributed by atoms with Crippen LogP contribution in [-0.2, 0) is 5.41 Å². The van der Waals surface area contributed by atoms with Crippen LogP contribution in [0.2, 0.25) is 0 Å². The summed E-state index contributed by atoms with van der Waals surface area (Å²) in [7, 11) is 0. The number of benzene rings is 1. The molecule has 0 amide bonds. The standard InChI is InChI=1S/C14H23N/c1-11(8-9-15)12-6-5-7-13(10-12)14(2,3)4/h5-7,10-11H,8-9,15H2,1-4H3. The highest BCUT2D eigenvalue weighted by Crippen LogP contribution is 2.26. The molecule has 84 valence electrons. The van der Waals surface area contributed by atoms with Crippen molar-refractivity contribution in [3.05, 3.63) is 35.4 Å². The number of nitrogens with two attached hydrogens (primary N) is 1. The van der Waals surface area contributed by atoms with E-state index in [1.165, 1.54) is 11.1 Å². The zero-order chi connectivity index (χ0) is 11.5. The van der Waals surface area contributed by atoms with Crippen LogP contribution in [0, 0.1) is 0 Å². The third-order valence-electron chi connectivity index (χ3n) is 2.92. The Morgan fingerprint density at radius 3 is 2.47 bits per heavy atom. The second-order valence-electron chi connectivity index (χ2n) is 5.35. The Kier molecular flexibility index (Phi) is 3.92. The molecule has 15 heavy (non-hydrogen) atoms. The van der Waals surface area contributed by atoms with E-state index in [0.29, 0.717) is 5.92 Å². The highest BCUT2D eigenvalue weighted by atomic mass is 14.5. The molecule has 1 rings (SSSR count). The summed E-state index contributed by atoms with van der Waals surface area (Å²) in [6.45, 7) is 9.76. The maximum Gasteiger partial charge on any atom is -0.00715 e. The van der Waals surface area contributed by atoms with Crippen molar-refractivity contribution >= 4 is 0 Å². The molecular formula is C14H23N. The normalized spacial score (nSPS) is 13.9. The van der Waals surface area contributed by atoms with Crippen LogP contribution in [-0.4, -0.2) is 6.54 Å². The summed E-state index contributed by atoms with van der Waals surface area (Å²) in [5.41, 5.74) is 8.64. The molecule has 1 atom stereocenters. The van der Waals surface area contributed by atoms with E-state index in [-0.39, 0.29) is 5.41 Å². The van der Waals surface area contributed by atoms with Crippen molar-refractivity contribution in [1.29, 1.82) is 0 Å². The topological polar surface area (TPSA) is 26.0 Å². The first-order valence-corrected chi connectivity index (χ1v) is 5.75. The van der Waals surface area contributed by atoms with Crippen LogP contribution in [0.1, 0.15) is 51.2 Å². The lowest BCUT2D eigenvalue weighted by atomic mass is 9.84. The molecule has 1 heteroatoms. The highest BCUT2D eigenvalue weighted by Gasteiger charge is 2.14. The lowest BCUT2D eigenvalue weighted by molar-refractivity contribution is 0.587. The summed E-state index contributed by atoms with van der Waals surface area (Å²) < 4.78 is 0. The van der Waals surface area contributed by atoms with Crippen molar-refractivity contribution < 1.29 is 0 Å². The average molecular weight is 205 g/mol. The first-order valence-electron chi connectivity index (χ1n) is 5.75. The molecule has 1 nitrogen and oxygen atoms in total. The summed E-state index contributed by atoms with van der Waals surface area (Å²) in [4.78, 5) is 0. The minimum atomic E-state index is 0.235. The Hall–Kier alpha value is -0.820. The Labute approximate surface area is 93.7 Å². The van der Waals surface area contributed by atoms with Gasteiger partial charge in [0.25, 0.3) is 0 Å². The minimum absolute atomic E-state index is 0.235. The predicted molar refractivity (Wildman–Crippen MR) is 67.2 cm³/mol. The van der Waals surface area contributed by atoms with Crippen LogP contribution in [0.5, 0.6) is 0 Å². The second-order valence-corrected chi connectivity index (χ2v) is 5.35. The Bertz CT molecular complexity index is 309. The van der Waals surface area contributed by atoms with Gasteiger partial charge in [0.1, 0.15) is 0 Å². The summed E-state index contributed by atoms with van der Waals surface area (Å²) in [5.74, 6) is 0.567. The maximum absolute atomic E-state index is 5.59. The Morgan fingerprint density at radius 2 is 1.93 bits per heavy atom. The van der Waals surface area contributed by atoms with E-state index in [4.69, 9.17) is 5.73 Å². The maximum atomic E-state index is 5.59. The van der Waals surface area contributed by atoms with E-state index >= 15 is 0 Å². The summed E-state index contributed by atoms with van der Waals surface area (Å²) in [6.07, 6.45) is 1.06. The minimum Gasteiger partial charge on any atom is -0.330 e. The average Bonchev–Trinajstić information content (AvgIpc) is 2.17. The first-order chi connectivity index (χ1) is 6.95. The van der Waals surface area contributed by atoms with Gasteiger partial charge in [0, 0.05) is 0 Å². The molecule has 0 aliphatic heterocycles. The van der Waals surface area contributed by atoms with Crippen molar-refractivity contribution in [1.82, 2.24) is 0 Å². The quantitative estimate of drug-likeness (QED) is 0.803. The molecule has 0 bridgehead atoms. The van der Waals surface area contributed by atoms with Crippen LogP contribution in [0.4, 0.5) is 0 Å². The Balaban J connectivity index is 2.92. The molecular weight excluding hydrogens is 182 g/mol. The molecule has 0 aliphatic rings. The SMILES string of the molecule is CC(CCN)c1cccc(C(C)(C)C)c1. The summed E-state index contributed by atoms with van der Waals surface area (Å²) >= 11 is 0. The monoisotopic (exact) mass is 205 g/mol. The fourth-order valence-electron chi connectivity index (χ4n) is 1.73. The van der Waals surface area contributed by atoms with Gasteiger partial charge in [0.15, 0.2) is 0 Å². The third kappa shape index (κ3) is 3.35. The zero-order valence-corrected chi connectivity index (χ0v) is 10.4. The fraction of sp³-hybridized carbons (Fsp3) is 0.571. The molecule has 2 N–H and O–H groups in total. The van der Waals surface area contributed by atoms with Gasteiger partial charge >= 0.3 is 0 Å². The van der Waals surface area contributed by atoms with Crippen molar-refractivity contribution in [2.45, 2.75) is 45.4 Å². The van der Waals surface area contributed by atoms with E-state index in [1.54, 1.807) is 0 Å². The predicted octanol–water partition coefficient (Wildman–Crippen LogP) is 3.44. The molecule has 0 spiro atoms. The largest absolute Gasteiger partial charge is 0.330 e. The van der Waals surface area contributed by atoms with Gasteiger partial charge in [-0.25, -0.2) is 0 Å². The molecule has 0 heterocycles. The molecule has 0 saturated carbocycles. The van der Waals surface area contributed by atoms with E-state index in [1.807, 2.05) is 0 Å². The molecule has 0 radical (unpaired) electrons. The fourth-order valence-corrected chi connectivity index (χ4v) is 1.73. The highest BCUT2D eigenvalue weighted by molar-refractivity contribution is 5.30. The van der Waals surface area contributed by atoms with Gasteiger partial charge in [-0.1, -0.05) is 52.0 Å². The third-order valence-corrected chi connectivity index (χ3v) is 2.92. The molecule has 0 fully saturated rings. The first kappa shape index (κ1) is 12.3. The van der Waals surface area contributed by atoms with Crippen LogP contribution >= 0.6 is 0 Å². The van der Waals surface area contributed by atoms with Crippen molar-refractivity contribution in [2.75, 3.05) is 6.54 Å². The number of rotatable bonds is 3. The van der Waals surface area contributed by atoms with Crippen molar-refractivity contribution in [3.8, 4) is 0 Å². The van der Waals surface area contributed by atoms with Gasteiger partial charge in [-0.05, 0) is 35.4 Å². The molecule has 0 aromatic heterocycles. The number of hydrogen-bond acceptors (Lipinski definition) is 1. The lowest BCUT2D eigenvalue weighted by Crippen LogP contribution is -2.12. The van der Waals surface area contributed by atoms with Crippen LogP contribution in [0.3, 0.4) is 0 Å². The van der Waals surface area contributed by atoms with Crippen molar-refractivity contribution in [3.63, 3.8) is 0 Å². The van der Waals surface area contributed by atoms with Gasteiger partial charge in [-0.3, -0.25) is 0 Å². The van der Waals surface area contributed by atoms with Crippen LogP contribution in [0.15, 0.2) is 24.3 Å². The number of hydrogen-bond donors (Lipinski definition) is 1.